The quantitative estimate of drug-likeness (QED) is 0.551. The van der Waals surface area contributed by atoms with Gasteiger partial charge in [0.1, 0.15) is 5.75 Å². The zero-order valence-corrected chi connectivity index (χ0v) is 14.7. The number of carbonyl (C=O) groups is 1. The maximum atomic E-state index is 12.5. The fourth-order valence-electron chi connectivity index (χ4n) is 3.67. The van der Waals surface area contributed by atoms with E-state index in [1.807, 2.05) is 18.3 Å². The third-order valence-corrected chi connectivity index (χ3v) is 6.04. The van der Waals surface area contributed by atoms with Crippen molar-refractivity contribution in [2.75, 3.05) is 0 Å². The van der Waals surface area contributed by atoms with Crippen molar-refractivity contribution in [3.63, 3.8) is 0 Å². The number of fused-ring (bicyclic) bond motifs is 3. The Labute approximate surface area is 154 Å². The Bertz CT molecular complexity index is 1170. The molecule has 0 saturated carbocycles. The third kappa shape index (κ3) is 2.35. The molecule has 0 fully saturated rings. The summed E-state index contributed by atoms with van der Waals surface area (Å²) < 4.78 is 4.48. The van der Waals surface area contributed by atoms with Crippen LogP contribution in [0.2, 0.25) is 0 Å². The van der Waals surface area contributed by atoms with Gasteiger partial charge in [-0.15, -0.1) is 11.3 Å². The molecular weight excluding hydrogens is 344 g/mol. The Morgan fingerprint density at radius 2 is 1.88 bits per heavy atom. The lowest BCUT2D eigenvalue weighted by Gasteiger charge is -2.21. The van der Waals surface area contributed by atoms with Gasteiger partial charge in [0.2, 0.25) is 0 Å². The van der Waals surface area contributed by atoms with E-state index in [-0.39, 0.29) is 17.6 Å². The van der Waals surface area contributed by atoms with Crippen LogP contribution in [0.5, 0.6) is 5.75 Å². The standard InChI is InChI=1S/C21H16N2O2S/c24-15-8-5-13(6-9-15)17-11-14(7-10-18(17)25)23-21-16-3-1-2-4-19(16)26-20(21)12-22-23/h1-6,8-9,11-12,14,24H,7,10H2. The highest BCUT2D eigenvalue weighted by atomic mass is 32.1. The van der Waals surface area contributed by atoms with Crippen molar-refractivity contribution in [3.8, 4) is 5.75 Å². The lowest BCUT2D eigenvalue weighted by atomic mass is 9.90. The number of rotatable bonds is 2. The van der Waals surface area contributed by atoms with E-state index in [1.165, 1.54) is 14.8 Å². The summed E-state index contributed by atoms with van der Waals surface area (Å²) in [7, 11) is 0. The zero-order valence-electron chi connectivity index (χ0n) is 13.9. The number of nitrogens with zero attached hydrogens (tertiary/aromatic N) is 2. The van der Waals surface area contributed by atoms with Gasteiger partial charge >= 0.3 is 0 Å². The van der Waals surface area contributed by atoms with Crippen LogP contribution in [-0.2, 0) is 4.79 Å². The van der Waals surface area contributed by atoms with Gasteiger partial charge in [-0.1, -0.05) is 30.3 Å². The van der Waals surface area contributed by atoms with E-state index in [4.69, 9.17) is 0 Å². The van der Waals surface area contributed by atoms with Gasteiger partial charge in [0.15, 0.2) is 5.78 Å². The van der Waals surface area contributed by atoms with E-state index in [9.17, 15) is 9.90 Å². The van der Waals surface area contributed by atoms with E-state index in [0.29, 0.717) is 12.0 Å². The van der Waals surface area contributed by atoms with Crippen molar-refractivity contribution in [1.29, 1.82) is 0 Å². The number of thiophene rings is 1. The normalized spacial score (nSPS) is 17.8. The largest absolute Gasteiger partial charge is 0.508 e. The highest BCUT2D eigenvalue weighted by Gasteiger charge is 2.25. The molecule has 4 nitrogen and oxygen atoms in total. The lowest BCUT2D eigenvalue weighted by molar-refractivity contribution is -0.114. The number of phenolic OH excluding ortho intramolecular Hbond substituents is 1. The molecule has 1 aliphatic rings. The minimum Gasteiger partial charge on any atom is -0.508 e. The summed E-state index contributed by atoms with van der Waals surface area (Å²) in [5.41, 5.74) is 2.70. The van der Waals surface area contributed by atoms with Gasteiger partial charge < -0.3 is 5.11 Å². The summed E-state index contributed by atoms with van der Waals surface area (Å²) in [6.07, 6.45) is 5.20. The van der Waals surface area contributed by atoms with Gasteiger partial charge in [-0.3, -0.25) is 9.48 Å². The molecule has 0 amide bonds. The molecule has 1 N–H and O–H groups in total. The van der Waals surface area contributed by atoms with E-state index in [1.54, 1.807) is 35.6 Å². The summed E-state index contributed by atoms with van der Waals surface area (Å²) in [4.78, 5) is 12.5. The summed E-state index contributed by atoms with van der Waals surface area (Å²) in [6, 6.07) is 15.2. The van der Waals surface area contributed by atoms with Gasteiger partial charge in [-0.2, -0.15) is 5.10 Å². The highest BCUT2D eigenvalue weighted by Crippen LogP contribution is 2.38. The van der Waals surface area contributed by atoms with Gasteiger partial charge in [-0.05, 0) is 36.3 Å². The molecule has 4 aromatic rings. The topological polar surface area (TPSA) is 55.1 Å². The Morgan fingerprint density at radius 1 is 1.08 bits per heavy atom. The predicted octanol–water partition coefficient (Wildman–Crippen LogP) is 4.94. The van der Waals surface area contributed by atoms with Crippen molar-refractivity contribution >= 4 is 43.0 Å². The first kappa shape index (κ1) is 15.3. The Morgan fingerprint density at radius 3 is 2.73 bits per heavy atom. The number of hydrogen-bond donors (Lipinski definition) is 1. The molecule has 0 radical (unpaired) electrons. The monoisotopic (exact) mass is 360 g/mol. The number of carbonyl (C=O) groups excluding carboxylic acids is 1. The number of hydrogen-bond acceptors (Lipinski definition) is 4. The van der Waals surface area contributed by atoms with Gasteiger partial charge in [0.05, 0.1) is 22.5 Å². The first-order valence-electron chi connectivity index (χ1n) is 8.60. The summed E-state index contributed by atoms with van der Waals surface area (Å²) in [5, 5.41) is 15.3. The molecule has 0 aliphatic heterocycles. The van der Waals surface area contributed by atoms with Crippen molar-refractivity contribution in [2.45, 2.75) is 18.9 Å². The van der Waals surface area contributed by atoms with E-state index in [0.717, 1.165) is 17.5 Å². The molecule has 26 heavy (non-hydrogen) atoms. The second-order valence-electron chi connectivity index (χ2n) is 6.56. The molecule has 0 spiro atoms. The van der Waals surface area contributed by atoms with Crippen molar-refractivity contribution in [1.82, 2.24) is 9.78 Å². The minimum absolute atomic E-state index is 0.0482. The Balaban J connectivity index is 1.65. The van der Waals surface area contributed by atoms with E-state index < -0.39 is 0 Å². The predicted molar refractivity (Wildman–Crippen MR) is 104 cm³/mol. The molecule has 0 bridgehead atoms. The fraction of sp³-hybridized carbons (Fsp3) is 0.143. The number of benzene rings is 2. The Hall–Kier alpha value is -2.92. The summed E-state index contributed by atoms with van der Waals surface area (Å²) in [6.45, 7) is 0. The van der Waals surface area contributed by atoms with E-state index in [2.05, 4.69) is 28.0 Å². The van der Waals surface area contributed by atoms with Crippen molar-refractivity contribution in [2.24, 2.45) is 0 Å². The first-order valence-corrected chi connectivity index (χ1v) is 9.41. The van der Waals surface area contributed by atoms with E-state index >= 15 is 0 Å². The molecule has 128 valence electrons. The van der Waals surface area contributed by atoms with Gasteiger partial charge in [0, 0.05) is 22.1 Å². The van der Waals surface area contributed by atoms with Crippen LogP contribution in [0.1, 0.15) is 24.4 Å². The molecule has 1 atom stereocenters. The molecular formula is C21H16N2O2S. The maximum Gasteiger partial charge on any atom is 0.163 e. The zero-order chi connectivity index (χ0) is 17.7. The smallest absolute Gasteiger partial charge is 0.163 e. The number of Topliss-reactive ketones (excluding diaryl/α,β-unsaturated/α-hetero) is 1. The molecule has 2 aromatic heterocycles. The third-order valence-electron chi connectivity index (χ3n) is 4.94. The second-order valence-corrected chi connectivity index (χ2v) is 7.64. The van der Waals surface area contributed by atoms with Crippen LogP contribution < -0.4 is 0 Å². The molecule has 5 heteroatoms. The fourth-order valence-corrected chi connectivity index (χ4v) is 4.73. The number of aromatic nitrogens is 2. The van der Waals surface area contributed by atoms with Gasteiger partial charge in [0.25, 0.3) is 0 Å². The minimum atomic E-state index is 0.0482. The molecule has 5 rings (SSSR count). The number of ketones is 1. The van der Waals surface area contributed by atoms with Crippen LogP contribution in [0.4, 0.5) is 0 Å². The number of aromatic hydroxyl groups is 1. The average molecular weight is 360 g/mol. The maximum absolute atomic E-state index is 12.5. The van der Waals surface area contributed by atoms with Crippen LogP contribution in [0.3, 0.4) is 0 Å². The van der Waals surface area contributed by atoms with Crippen molar-refractivity contribution in [3.05, 3.63) is 66.4 Å². The highest BCUT2D eigenvalue weighted by molar-refractivity contribution is 7.25. The summed E-state index contributed by atoms with van der Waals surface area (Å²) >= 11 is 1.75. The van der Waals surface area contributed by atoms with Crippen LogP contribution in [0, 0.1) is 0 Å². The van der Waals surface area contributed by atoms with Crippen LogP contribution in [-0.4, -0.2) is 20.7 Å². The molecule has 0 saturated heterocycles. The second kappa shape index (κ2) is 5.81. The average Bonchev–Trinajstić information content (AvgIpc) is 3.22. The SMILES string of the molecule is O=C1CCC(n2ncc3sc4ccccc4c32)C=C1c1ccc(O)cc1. The molecule has 1 unspecified atom stereocenters. The number of allylic oxidation sites excluding steroid dienone is 2. The summed E-state index contributed by atoms with van der Waals surface area (Å²) in [5.74, 6) is 0.346. The Kier molecular flexibility index (Phi) is 3.43. The lowest BCUT2D eigenvalue weighted by Crippen LogP contribution is -2.17. The van der Waals surface area contributed by atoms with Crippen LogP contribution in [0.25, 0.3) is 25.9 Å². The molecule has 2 aromatic carbocycles. The molecule has 2 heterocycles. The van der Waals surface area contributed by atoms with Gasteiger partial charge in [-0.25, -0.2) is 0 Å². The van der Waals surface area contributed by atoms with Crippen LogP contribution in [0.15, 0.2) is 60.8 Å². The van der Waals surface area contributed by atoms with Crippen molar-refractivity contribution < 1.29 is 9.90 Å². The first-order chi connectivity index (χ1) is 12.7. The number of phenols is 1. The van der Waals surface area contributed by atoms with Crippen LogP contribution >= 0.6 is 11.3 Å². The molecule has 1 aliphatic carbocycles.